The topological polar surface area (TPSA) is 68.0 Å². The SMILES string of the molecule is Clc1cc(NCCc2ccccn2)c2nnc(C3CC3)n2n1. The Kier molecular flexibility index (Phi) is 3.38. The van der Waals surface area contributed by atoms with Crippen LogP contribution in [0.2, 0.25) is 5.15 Å². The maximum absolute atomic E-state index is 6.13. The van der Waals surface area contributed by atoms with Crippen LogP contribution in [-0.2, 0) is 6.42 Å². The fraction of sp³-hybridized carbons (Fsp3) is 0.333. The van der Waals surface area contributed by atoms with Crippen molar-refractivity contribution in [1.82, 2.24) is 24.8 Å². The zero-order valence-corrected chi connectivity index (χ0v) is 12.7. The lowest BCUT2D eigenvalue weighted by molar-refractivity contribution is 0.814. The Hall–Kier alpha value is -2.21. The first-order chi connectivity index (χ1) is 10.8. The monoisotopic (exact) mass is 314 g/mol. The van der Waals surface area contributed by atoms with Gasteiger partial charge in [0.05, 0.1) is 5.69 Å². The van der Waals surface area contributed by atoms with Crippen molar-refractivity contribution in [3.63, 3.8) is 0 Å². The molecule has 1 saturated carbocycles. The van der Waals surface area contributed by atoms with E-state index in [2.05, 4.69) is 25.6 Å². The highest BCUT2D eigenvalue weighted by atomic mass is 35.5. The van der Waals surface area contributed by atoms with Crippen molar-refractivity contribution in [3.05, 3.63) is 47.1 Å². The van der Waals surface area contributed by atoms with Gasteiger partial charge in [-0.05, 0) is 25.0 Å². The Labute approximate surface area is 132 Å². The Morgan fingerprint density at radius 1 is 1.27 bits per heavy atom. The third-order valence-corrected chi connectivity index (χ3v) is 3.91. The molecule has 3 aromatic heterocycles. The minimum atomic E-state index is 0.439. The van der Waals surface area contributed by atoms with Gasteiger partial charge in [0.25, 0.3) is 0 Å². The first kappa shape index (κ1) is 13.5. The van der Waals surface area contributed by atoms with Crippen LogP contribution in [0.3, 0.4) is 0 Å². The van der Waals surface area contributed by atoms with Crippen LogP contribution in [0, 0.1) is 0 Å². The minimum Gasteiger partial charge on any atom is -0.381 e. The van der Waals surface area contributed by atoms with E-state index in [0.29, 0.717) is 11.1 Å². The standard InChI is InChI=1S/C15H15ClN6/c16-13-9-12(18-8-6-11-3-1-2-7-17-11)15-20-19-14(10-4-5-10)22(15)21-13/h1-3,7,9-10,18H,4-6,8H2. The van der Waals surface area contributed by atoms with Crippen LogP contribution in [-0.4, -0.2) is 31.3 Å². The zero-order chi connectivity index (χ0) is 14.9. The predicted molar refractivity (Wildman–Crippen MR) is 84.2 cm³/mol. The molecule has 1 N–H and O–H groups in total. The number of nitrogens with one attached hydrogen (secondary N) is 1. The molecule has 6 nitrogen and oxygen atoms in total. The van der Waals surface area contributed by atoms with E-state index in [1.54, 1.807) is 16.8 Å². The van der Waals surface area contributed by atoms with Crippen molar-refractivity contribution in [3.8, 4) is 0 Å². The molecule has 0 spiro atoms. The second-order valence-electron chi connectivity index (χ2n) is 5.45. The molecule has 0 saturated heterocycles. The van der Waals surface area contributed by atoms with Gasteiger partial charge in [0.15, 0.2) is 11.0 Å². The molecule has 3 aromatic rings. The van der Waals surface area contributed by atoms with Gasteiger partial charge in [0, 0.05) is 36.8 Å². The van der Waals surface area contributed by atoms with Crippen molar-refractivity contribution in [1.29, 1.82) is 0 Å². The van der Waals surface area contributed by atoms with Crippen LogP contribution in [0.5, 0.6) is 0 Å². The fourth-order valence-electron chi connectivity index (χ4n) is 2.46. The van der Waals surface area contributed by atoms with Crippen molar-refractivity contribution in [2.45, 2.75) is 25.2 Å². The van der Waals surface area contributed by atoms with Gasteiger partial charge in [-0.3, -0.25) is 4.98 Å². The summed E-state index contributed by atoms with van der Waals surface area (Å²) in [5, 5.41) is 16.7. The molecular weight excluding hydrogens is 300 g/mol. The van der Waals surface area contributed by atoms with Crippen LogP contribution >= 0.6 is 11.6 Å². The summed E-state index contributed by atoms with van der Waals surface area (Å²) in [6, 6.07) is 7.71. The average Bonchev–Trinajstić information content (AvgIpc) is 3.28. The molecule has 22 heavy (non-hydrogen) atoms. The summed E-state index contributed by atoms with van der Waals surface area (Å²) in [6.07, 6.45) is 4.93. The summed E-state index contributed by atoms with van der Waals surface area (Å²) in [7, 11) is 0. The van der Waals surface area contributed by atoms with E-state index in [-0.39, 0.29) is 0 Å². The number of hydrogen-bond donors (Lipinski definition) is 1. The predicted octanol–water partition coefficient (Wildman–Crippen LogP) is 2.70. The molecule has 0 radical (unpaired) electrons. The summed E-state index contributed by atoms with van der Waals surface area (Å²) in [5.74, 6) is 1.38. The first-order valence-electron chi connectivity index (χ1n) is 7.37. The third kappa shape index (κ3) is 2.62. The molecule has 0 aliphatic heterocycles. The zero-order valence-electron chi connectivity index (χ0n) is 11.9. The molecule has 0 amide bonds. The van der Waals surface area contributed by atoms with E-state index < -0.39 is 0 Å². The maximum atomic E-state index is 6.13. The van der Waals surface area contributed by atoms with Crippen molar-refractivity contribution >= 4 is 22.9 Å². The van der Waals surface area contributed by atoms with Crippen LogP contribution in [0.1, 0.15) is 30.3 Å². The van der Waals surface area contributed by atoms with Crippen molar-refractivity contribution < 1.29 is 0 Å². The molecule has 0 atom stereocenters. The van der Waals surface area contributed by atoms with E-state index in [1.807, 2.05) is 18.2 Å². The second kappa shape index (κ2) is 5.53. The van der Waals surface area contributed by atoms with E-state index in [4.69, 9.17) is 11.6 Å². The largest absolute Gasteiger partial charge is 0.381 e. The lowest BCUT2D eigenvalue weighted by Gasteiger charge is -2.07. The smallest absolute Gasteiger partial charge is 0.201 e. The van der Waals surface area contributed by atoms with E-state index in [0.717, 1.165) is 48.7 Å². The quantitative estimate of drug-likeness (QED) is 0.784. The molecule has 1 aliphatic carbocycles. The van der Waals surface area contributed by atoms with Gasteiger partial charge in [-0.25, -0.2) is 0 Å². The van der Waals surface area contributed by atoms with E-state index >= 15 is 0 Å². The fourth-order valence-corrected chi connectivity index (χ4v) is 2.65. The Balaban J connectivity index is 1.56. The lowest BCUT2D eigenvalue weighted by atomic mass is 10.2. The number of anilines is 1. The highest BCUT2D eigenvalue weighted by molar-refractivity contribution is 6.29. The maximum Gasteiger partial charge on any atom is 0.201 e. The van der Waals surface area contributed by atoms with Crippen molar-refractivity contribution in [2.24, 2.45) is 0 Å². The molecule has 7 heteroatoms. The number of pyridine rings is 1. The molecular formula is C15H15ClN6. The van der Waals surface area contributed by atoms with E-state index in [9.17, 15) is 0 Å². The molecule has 0 unspecified atom stereocenters. The van der Waals surface area contributed by atoms with Gasteiger partial charge in [-0.2, -0.15) is 9.61 Å². The molecule has 4 rings (SSSR count). The third-order valence-electron chi connectivity index (χ3n) is 3.73. The summed E-state index contributed by atoms with van der Waals surface area (Å²) < 4.78 is 1.77. The Morgan fingerprint density at radius 3 is 2.95 bits per heavy atom. The Bertz CT molecular complexity index is 796. The van der Waals surface area contributed by atoms with Gasteiger partial charge < -0.3 is 5.32 Å². The normalized spacial score (nSPS) is 14.4. The summed E-state index contributed by atoms with van der Waals surface area (Å²) in [5.41, 5.74) is 2.63. The number of halogens is 1. The number of nitrogens with zero attached hydrogens (tertiary/aromatic N) is 5. The van der Waals surface area contributed by atoms with Gasteiger partial charge in [0.1, 0.15) is 0 Å². The van der Waals surface area contributed by atoms with Crippen molar-refractivity contribution in [2.75, 3.05) is 11.9 Å². The second-order valence-corrected chi connectivity index (χ2v) is 5.83. The van der Waals surface area contributed by atoms with Crippen LogP contribution < -0.4 is 5.32 Å². The first-order valence-corrected chi connectivity index (χ1v) is 7.75. The lowest BCUT2D eigenvalue weighted by Crippen LogP contribution is -2.08. The Morgan fingerprint density at radius 2 is 2.18 bits per heavy atom. The minimum absolute atomic E-state index is 0.439. The van der Waals surface area contributed by atoms with Gasteiger partial charge in [0.2, 0.25) is 5.65 Å². The highest BCUT2D eigenvalue weighted by Crippen LogP contribution is 2.39. The van der Waals surface area contributed by atoms with Crippen LogP contribution in [0.4, 0.5) is 5.69 Å². The summed E-state index contributed by atoms with van der Waals surface area (Å²) >= 11 is 6.13. The molecule has 1 aliphatic rings. The number of fused-ring (bicyclic) bond motifs is 1. The van der Waals surface area contributed by atoms with Gasteiger partial charge in [-0.1, -0.05) is 17.7 Å². The number of rotatable bonds is 5. The molecule has 1 fully saturated rings. The average molecular weight is 315 g/mol. The van der Waals surface area contributed by atoms with E-state index in [1.165, 1.54) is 0 Å². The van der Waals surface area contributed by atoms with Crippen LogP contribution in [0.15, 0.2) is 30.5 Å². The van der Waals surface area contributed by atoms with Crippen LogP contribution in [0.25, 0.3) is 5.65 Å². The van der Waals surface area contributed by atoms with Gasteiger partial charge >= 0.3 is 0 Å². The number of hydrogen-bond acceptors (Lipinski definition) is 5. The number of aromatic nitrogens is 5. The van der Waals surface area contributed by atoms with Gasteiger partial charge in [-0.15, -0.1) is 10.2 Å². The molecule has 0 aromatic carbocycles. The molecule has 0 bridgehead atoms. The summed E-state index contributed by atoms with van der Waals surface area (Å²) in [4.78, 5) is 4.31. The molecule has 3 heterocycles. The summed E-state index contributed by atoms with van der Waals surface area (Å²) in [6.45, 7) is 0.749. The molecule has 112 valence electrons. The highest BCUT2D eigenvalue weighted by Gasteiger charge is 2.29.